The first-order chi connectivity index (χ1) is 16.9. The Bertz CT molecular complexity index is 1280. The number of carbonyl (C=O) groups excluding carboxylic acids is 2. The van der Waals surface area contributed by atoms with E-state index in [-0.39, 0.29) is 35.2 Å². The van der Waals surface area contributed by atoms with Crippen LogP contribution in [0.5, 0.6) is 0 Å². The predicted molar refractivity (Wildman–Crippen MR) is 136 cm³/mol. The molecule has 0 spiro atoms. The second-order valence-electron chi connectivity index (χ2n) is 10.8. The first-order valence-corrected chi connectivity index (χ1v) is 12.4. The first kappa shape index (κ1) is 25.8. The number of amides is 2. The molecular formula is C28H34FN3O4. The summed E-state index contributed by atoms with van der Waals surface area (Å²) in [5.74, 6) is -0.782. The van der Waals surface area contributed by atoms with Crippen LogP contribution < -0.4 is 0 Å². The summed E-state index contributed by atoms with van der Waals surface area (Å²) in [6, 6.07) is 9.73. The van der Waals surface area contributed by atoms with E-state index >= 15 is 0 Å². The predicted octanol–water partition coefficient (Wildman–Crippen LogP) is 4.84. The molecule has 36 heavy (non-hydrogen) atoms. The Morgan fingerprint density at radius 2 is 1.75 bits per heavy atom. The van der Waals surface area contributed by atoms with Crippen molar-refractivity contribution in [2.75, 3.05) is 19.6 Å². The van der Waals surface area contributed by atoms with Gasteiger partial charge >= 0.3 is 0 Å². The van der Waals surface area contributed by atoms with Crippen LogP contribution in [0.25, 0.3) is 22.4 Å². The lowest BCUT2D eigenvalue weighted by atomic mass is 9.96. The van der Waals surface area contributed by atoms with Crippen molar-refractivity contribution in [3.05, 3.63) is 53.5 Å². The summed E-state index contributed by atoms with van der Waals surface area (Å²) in [6.45, 7) is 12.5. The van der Waals surface area contributed by atoms with E-state index in [1.807, 2.05) is 33.8 Å². The maximum absolute atomic E-state index is 13.6. The summed E-state index contributed by atoms with van der Waals surface area (Å²) in [5.41, 5.74) is 2.84. The van der Waals surface area contributed by atoms with Crippen molar-refractivity contribution >= 4 is 22.9 Å². The van der Waals surface area contributed by atoms with Crippen molar-refractivity contribution in [2.45, 2.75) is 59.1 Å². The Labute approximate surface area is 210 Å². The van der Waals surface area contributed by atoms with Crippen LogP contribution >= 0.6 is 0 Å². The van der Waals surface area contributed by atoms with Crippen LogP contribution in [0, 0.1) is 11.7 Å². The number of piperazine rings is 1. The number of rotatable bonds is 5. The third kappa shape index (κ3) is 4.87. The highest BCUT2D eigenvalue weighted by Gasteiger charge is 2.41. The Kier molecular flexibility index (Phi) is 6.92. The second-order valence-corrected chi connectivity index (χ2v) is 10.8. The van der Waals surface area contributed by atoms with Crippen LogP contribution in [0.4, 0.5) is 4.39 Å². The largest absolute Gasteiger partial charge is 0.449 e. The fourth-order valence-corrected chi connectivity index (χ4v) is 4.67. The molecule has 0 saturated carbocycles. The number of benzene rings is 1. The van der Waals surface area contributed by atoms with E-state index in [1.54, 1.807) is 41.8 Å². The van der Waals surface area contributed by atoms with Crippen LogP contribution in [0.2, 0.25) is 0 Å². The van der Waals surface area contributed by atoms with Gasteiger partial charge in [0, 0.05) is 36.8 Å². The number of aromatic nitrogens is 1. The van der Waals surface area contributed by atoms with Gasteiger partial charge in [-0.05, 0) is 56.0 Å². The van der Waals surface area contributed by atoms with E-state index in [0.717, 1.165) is 11.1 Å². The monoisotopic (exact) mass is 495 g/mol. The molecule has 2 amide bonds. The van der Waals surface area contributed by atoms with Gasteiger partial charge in [-0.15, -0.1) is 0 Å². The van der Waals surface area contributed by atoms with Crippen molar-refractivity contribution in [2.24, 2.45) is 5.92 Å². The van der Waals surface area contributed by atoms with Crippen molar-refractivity contribution < 1.29 is 23.5 Å². The van der Waals surface area contributed by atoms with E-state index in [4.69, 9.17) is 9.40 Å². The zero-order valence-electron chi connectivity index (χ0n) is 21.7. The molecule has 1 aliphatic rings. The van der Waals surface area contributed by atoms with Gasteiger partial charge < -0.3 is 19.3 Å². The molecule has 0 bridgehead atoms. The van der Waals surface area contributed by atoms with Gasteiger partial charge in [0.15, 0.2) is 11.3 Å². The van der Waals surface area contributed by atoms with Crippen LogP contribution in [0.1, 0.15) is 63.6 Å². The highest BCUT2D eigenvalue weighted by Crippen LogP contribution is 2.33. The van der Waals surface area contributed by atoms with Crippen molar-refractivity contribution in [3.63, 3.8) is 0 Å². The van der Waals surface area contributed by atoms with E-state index in [2.05, 4.69) is 0 Å². The van der Waals surface area contributed by atoms with Gasteiger partial charge in [-0.25, -0.2) is 9.37 Å². The zero-order chi connectivity index (χ0) is 26.4. The molecule has 1 N–H and O–H groups in total. The third-order valence-electron chi connectivity index (χ3n) is 6.82. The lowest BCUT2D eigenvalue weighted by Crippen LogP contribution is -2.63. The molecule has 0 aliphatic carbocycles. The molecule has 4 rings (SSSR count). The summed E-state index contributed by atoms with van der Waals surface area (Å²) < 4.78 is 19.5. The zero-order valence-corrected chi connectivity index (χ0v) is 21.7. The Morgan fingerprint density at radius 3 is 2.33 bits per heavy atom. The van der Waals surface area contributed by atoms with Crippen LogP contribution in [0.3, 0.4) is 0 Å². The Balaban J connectivity index is 1.64. The fourth-order valence-electron chi connectivity index (χ4n) is 4.67. The van der Waals surface area contributed by atoms with E-state index in [0.29, 0.717) is 36.4 Å². The lowest BCUT2D eigenvalue weighted by molar-refractivity contribution is -0.146. The molecule has 8 heteroatoms. The van der Waals surface area contributed by atoms with Gasteiger partial charge in [0.05, 0.1) is 11.2 Å². The number of pyridine rings is 1. The Morgan fingerprint density at radius 1 is 1.08 bits per heavy atom. The number of nitrogens with zero attached hydrogens (tertiary/aromatic N) is 3. The minimum absolute atomic E-state index is 0.113. The Hall–Kier alpha value is -3.26. The highest BCUT2D eigenvalue weighted by molar-refractivity contribution is 5.97. The standard InChI is InChI=1S/C28H34FN3O4/c1-16(2)20-13-21(18-7-9-19(29)10-8-18)30-22-14-23(36-25(20)22)26(34)32-12-11-31(15-28(32,5)6)27(35)24(33)17(3)4/h7-10,13-14,16-17,24,33H,11-12,15H2,1-6H3/t24-/m1/s1. The number of hydrogen-bond acceptors (Lipinski definition) is 5. The van der Waals surface area contributed by atoms with E-state index in [9.17, 15) is 19.1 Å². The number of hydrogen-bond donors (Lipinski definition) is 1. The molecule has 1 fully saturated rings. The lowest BCUT2D eigenvalue weighted by Gasteiger charge is -2.47. The number of aliphatic hydroxyl groups excluding tert-OH is 1. The van der Waals surface area contributed by atoms with Crippen LogP contribution in [-0.2, 0) is 4.79 Å². The van der Waals surface area contributed by atoms with Gasteiger partial charge in [-0.3, -0.25) is 9.59 Å². The molecule has 1 aromatic carbocycles. The SMILES string of the molecule is CC(C)c1cc(-c2ccc(F)cc2)nc2cc(C(=O)N3CCN(C(=O)[C@H](O)C(C)C)CC3(C)C)oc12. The van der Waals surface area contributed by atoms with E-state index in [1.165, 1.54) is 12.1 Å². The molecule has 1 aliphatic heterocycles. The first-order valence-electron chi connectivity index (χ1n) is 12.4. The van der Waals surface area contributed by atoms with Gasteiger partial charge in [0.25, 0.3) is 11.8 Å². The topological polar surface area (TPSA) is 86.9 Å². The number of fused-ring (bicyclic) bond motifs is 1. The molecule has 3 heterocycles. The van der Waals surface area contributed by atoms with Gasteiger partial charge in [0.2, 0.25) is 0 Å². The molecule has 1 atom stereocenters. The van der Waals surface area contributed by atoms with Gasteiger partial charge in [-0.2, -0.15) is 0 Å². The summed E-state index contributed by atoms with van der Waals surface area (Å²) in [5, 5.41) is 10.2. The van der Waals surface area contributed by atoms with E-state index < -0.39 is 11.6 Å². The van der Waals surface area contributed by atoms with Gasteiger partial charge in [0.1, 0.15) is 17.4 Å². The number of aliphatic hydroxyl groups is 1. The molecule has 0 radical (unpaired) electrons. The molecule has 1 saturated heterocycles. The van der Waals surface area contributed by atoms with Crippen molar-refractivity contribution in [1.29, 1.82) is 0 Å². The summed E-state index contributed by atoms with van der Waals surface area (Å²) >= 11 is 0. The maximum Gasteiger partial charge on any atom is 0.290 e. The number of carbonyl (C=O) groups is 2. The average molecular weight is 496 g/mol. The molecule has 7 nitrogen and oxygen atoms in total. The molecule has 0 unspecified atom stereocenters. The summed E-state index contributed by atoms with van der Waals surface area (Å²) in [4.78, 5) is 34.3. The molecule has 2 aromatic heterocycles. The molecule has 3 aromatic rings. The quantitative estimate of drug-likeness (QED) is 0.548. The minimum Gasteiger partial charge on any atom is -0.449 e. The van der Waals surface area contributed by atoms with Crippen LogP contribution in [0.15, 0.2) is 40.8 Å². The normalized spacial score (nSPS) is 16.7. The number of furan rings is 1. The summed E-state index contributed by atoms with van der Waals surface area (Å²) in [6.07, 6.45) is -1.06. The van der Waals surface area contributed by atoms with Crippen LogP contribution in [-0.4, -0.2) is 63.0 Å². The molecular weight excluding hydrogens is 461 g/mol. The number of halogens is 1. The van der Waals surface area contributed by atoms with Crippen molar-refractivity contribution in [3.8, 4) is 11.3 Å². The van der Waals surface area contributed by atoms with Gasteiger partial charge in [-0.1, -0.05) is 27.7 Å². The highest BCUT2D eigenvalue weighted by atomic mass is 19.1. The minimum atomic E-state index is -1.06. The van der Waals surface area contributed by atoms with Crippen molar-refractivity contribution in [1.82, 2.24) is 14.8 Å². The maximum atomic E-state index is 13.6. The smallest absolute Gasteiger partial charge is 0.290 e. The third-order valence-corrected chi connectivity index (χ3v) is 6.82. The second kappa shape index (κ2) is 9.65. The summed E-state index contributed by atoms with van der Waals surface area (Å²) in [7, 11) is 0. The fraction of sp³-hybridized carbons (Fsp3) is 0.464. The molecule has 192 valence electrons. The average Bonchev–Trinajstić information content (AvgIpc) is 3.26.